The van der Waals surface area contributed by atoms with Crippen LogP contribution in [-0.2, 0) is 20.3 Å². The van der Waals surface area contributed by atoms with Gasteiger partial charge < -0.3 is 18.6 Å². The highest BCUT2D eigenvalue weighted by Crippen LogP contribution is 2.15. The van der Waals surface area contributed by atoms with Crippen LogP contribution in [0, 0.1) is 0 Å². The van der Waals surface area contributed by atoms with Gasteiger partial charge in [0, 0.05) is 0 Å². The zero-order valence-corrected chi connectivity index (χ0v) is 19.6. The van der Waals surface area contributed by atoms with E-state index >= 15 is 0 Å². The molecule has 0 aliphatic carbocycles. The molecule has 5 heteroatoms. The van der Waals surface area contributed by atoms with Crippen LogP contribution < -0.4 is 4.74 Å². The predicted octanol–water partition coefficient (Wildman–Crippen LogP) is 5.85. The van der Waals surface area contributed by atoms with Crippen LogP contribution in [0.5, 0.6) is 5.75 Å². The Bertz CT molecular complexity index is 470. The van der Waals surface area contributed by atoms with Gasteiger partial charge in [-0.25, -0.2) is 0 Å². The molecular formula is C23H42O4Si. The SMILES string of the molecule is CCCCCCCCc1ccc(OCCOCCOCCO[Si](C)(C)C)cc1. The molecule has 0 aliphatic heterocycles. The average molecular weight is 411 g/mol. The van der Waals surface area contributed by atoms with Gasteiger partial charge >= 0.3 is 0 Å². The zero-order valence-electron chi connectivity index (χ0n) is 18.6. The number of rotatable bonds is 18. The highest BCUT2D eigenvalue weighted by Gasteiger charge is 2.12. The molecule has 28 heavy (non-hydrogen) atoms. The van der Waals surface area contributed by atoms with Gasteiger partial charge in [-0.1, -0.05) is 51.2 Å². The van der Waals surface area contributed by atoms with Gasteiger partial charge in [-0.15, -0.1) is 0 Å². The van der Waals surface area contributed by atoms with Gasteiger partial charge in [-0.3, -0.25) is 0 Å². The molecule has 0 atom stereocenters. The Morgan fingerprint density at radius 2 is 1.25 bits per heavy atom. The van der Waals surface area contributed by atoms with Crippen molar-refractivity contribution in [1.82, 2.24) is 0 Å². The molecule has 0 fully saturated rings. The maximum absolute atomic E-state index is 5.73. The fourth-order valence-electron chi connectivity index (χ4n) is 2.81. The summed E-state index contributed by atoms with van der Waals surface area (Å²) in [6.45, 7) is 12.4. The first kappa shape index (κ1) is 25.2. The maximum atomic E-state index is 5.73. The number of aryl methyl sites for hydroxylation is 1. The predicted molar refractivity (Wildman–Crippen MR) is 120 cm³/mol. The number of hydrogen-bond acceptors (Lipinski definition) is 4. The minimum atomic E-state index is -1.42. The monoisotopic (exact) mass is 410 g/mol. The summed E-state index contributed by atoms with van der Waals surface area (Å²) in [4.78, 5) is 0. The van der Waals surface area contributed by atoms with Crippen molar-refractivity contribution in [1.29, 1.82) is 0 Å². The van der Waals surface area contributed by atoms with Gasteiger partial charge in [0.2, 0.25) is 0 Å². The fourth-order valence-corrected chi connectivity index (χ4v) is 3.50. The molecule has 0 unspecified atom stereocenters. The molecule has 1 aromatic rings. The van der Waals surface area contributed by atoms with Crippen LogP contribution in [0.2, 0.25) is 19.6 Å². The van der Waals surface area contributed by atoms with E-state index in [1.807, 2.05) is 0 Å². The first-order valence-electron chi connectivity index (χ1n) is 11.0. The molecular weight excluding hydrogens is 368 g/mol. The van der Waals surface area contributed by atoms with E-state index < -0.39 is 8.32 Å². The van der Waals surface area contributed by atoms with Gasteiger partial charge in [0.15, 0.2) is 8.32 Å². The molecule has 1 rings (SSSR count). The van der Waals surface area contributed by atoms with E-state index in [0.717, 1.165) is 5.75 Å². The van der Waals surface area contributed by atoms with Crippen LogP contribution in [-0.4, -0.2) is 48.0 Å². The van der Waals surface area contributed by atoms with E-state index in [1.165, 1.54) is 50.5 Å². The second-order valence-electron chi connectivity index (χ2n) is 8.20. The Morgan fingerprint density at radius 1 is 0.679 bits per heavy atom. The van der Waals surface area contributed by atoms with Crippen molar-refractivity contribution in [2.75, 3.05) is 39.6 Å². The van der Waals surface area contributed by atoms with Gasteiger partial charge in [-0.2, -0.15) is 0 Å². The molecule has 0 spiro atoms. The van der Waals surface area contributed by atoms with Crippen molar-refractivity contribution < 1.29 is 18.6 Å². The summed E-state index contributed by atoms with van der Waals surface area (Å²) in [7, 11) is -1.42. The number of benzene rings is 1. The van der Waals surface area contributed by atoms with Gasteiger partial charge in [-0.05, 0) is 50.2 Å². The van der Waals surface area contributed by atoms with Crippen molar-refractivity contribution in [3.05, 3.63) is 29.8 Å². The van der Waals surface area contributed by atoms with E-state index in [-0.39, 0.29) is 0 Å². The molecule has 0 saturated heterocycles. The third-order valence-corrected chi connectivity index (χ3v) is 5.44. The first-order valence-corrected chi connectivity index (χ1v) is 14.4. The van der Waals surface area contributed by atoms with E-state index in [0.29, 0.717) is 39.6 Å². The number of hydrogen-bond donors (Lipinski definition) is 0. The molecule has 0 saturated carbocycles. The molecule has 0 bridgehead atoms. The topological polar surface area (TPSA) is 36.9 Å². The Kier molecular flexibility index (Phi) is 14.3. The Morgan fingerprint density at radius 3 is 1.89 bits per heavy atom. The Balaban J connectivity index is 1.95. The summed E-state index contributed by atoms with van der Waals surface area (Å²) < 4.78 is 22.5. The lowest BCUT2D eigenvalue weighted by molar-refractivity contribution is 0.0266. The van der Waals surface area contributed by atoms with E-state index in [1.54, 1.807) is 0 Å². The molecule has 0 aliphatic rings. The van der Waals surface area contributed by atoms with E-state index in [9.17, 15) is 0 Å². The van der Waals surface area contributed by atoms with Crippen LogP contribution in [0.1, 0.15) is 51.0 Å². The summed E-state index contributed by atoms with van der Waals surface area (Å²) in [5.74, 6) is 0.912. The number of ether oxygens (including phenoxy) is 3. The van der Waals surface area contributed by atoms with Gasteiger partial charge in [0.25, 0.3) is 0 Å². The normalized spacial score (nSPS) is 11.7. The standard InChI is InChI=1S/C23H42O4Si/c1-5-6-7-8-9-10-11-22-12-14-23(15-13-22)26-20-18-24-16-17-25-19-21-27-28(2,3)4/h12-15H,5-11,16-21H2,1-4H3. The van der Waals surface area contributed by atoms with Crippen molar-refractivity contribution in [3.63, 3.8) is 0 Å². The third-order valence-electron chi connectivity index (χ3n) is 4.37. The molecule has 162 valence electrons. The van der Waals surface area contributed by atoms with Crippen LogP contribution in [0.25, 0.3) is 0 Å². The molecule has 0 heterocycles. The molecule has 1 aromatic carbocycles. The quantitative estimate of drug-likeness (QED) is 0.225. The average Bonchev–Trinajstić information content (AvgIpc) is 2.66. The second kappa shape index (κ2) is 16.0. The summed E-state index contributed by atoms with van der Waals surface area (Å²) >= 11 is 0. The van der Waals surface area contributed by atoms with Crippen molar-refractivity contribution in [2.24, 2.45) is 0 Å². The van der Waals surface area contributed by atoms with Crippen LogP contribution in [0.4, 0.5) is 0 Å². The summed E-state index contributed by atoms with van der Waals surface area (Å²) in [5, 5.41) is 0. The maximum Gasteiger partial charge on any atom is 0.183 e. The molecule has 0 aromatic heterocycles. The lowest BCUT2D eigenvalue weighted by Gasteiger charge is -2.16. The molecule has 0 N–H and O–H groups in total. The lowest BCUT2D eigenvalue weighted by Crippen LogP contribution is -2.27. The first-order chi connectivity index (χ1) is 13.5. The largest absolute Gasteiger partial charge is 0.491 e. The van der Waals surface area contributed by atoms with Crippen LogP contribution >= 0.6 is 0 Å². The second-order valence-corrected chi connectivity index (χ2v) is 12.7. The smallest absolute Gasteiger partial charge is 0.183 e. The zero-order chi connectivity index (χ0) is 20.5. The van der Waals surface area contributed by atoms with Gasteiger partial charge in [0.1, 0.15) is 12.4 Å². The van der Waals surface area contributed by atoms with Crippen molar-refractivity contribution in [2.45, 2.75) is 71.5 Å². The molecule has 4 nitrogen and oxygen atoms in total. The number of unbranched alkanes of at least 4 members (excludes halogenated alkanes) is 5. The Labute approximate surface area is 174 Å². The summed E-state index contributed by atoms with van der Waals surface area (Å²) in [5.41, 5.74) is 1.40. The highest BCUT2D eigenvalue weighted by atomic mass is 28.4. The third kappa shape index (κ3) is 15.1. The van der Waals surface area contributed by atoms with E-state index in [4.69, 9.17) is 18.6 Å². The van der Waals surface area contributed by atoms with Crippen molar-refractivity contribution >= 4 is 8.32 Å². The van der Waals surface area contributed by atoms with Gasteiger partial charge in [0.05, 0.1) is 33.0 Å². The minimum Gasteiger partial charge on any atom is -0.491 e. The fraction of sp³-hybridized carbons (Fsp3) is 0.739. The highest BCUT2D eigenvalue weighted by molar-refractivity contribution is 6.69. The van der Waals surface area contributed by atoms with Crippen molar-refractivity contribution in [3.8, 4) is 5.75 Å². The lowest BCUT2D eigenvalue weighted by atomic mass is 10.0. The summed E-state index contributed by atoms with van der Waals surface area (Å²) in [6.07, 6.45) is 9.22. The van der Waals surface area contributed by atoms with Crippen LogP contribution in [0.3, 0.4) is 0 Å². The van der Waals surface area contributed by atoms with E-state index in [2.05, 4.69) is 50.8 Å². The molecule has 0 radical (unpaired) electrons. The summed E-state index contributed by atoms with van der Waals surface area (Å²) in [6, 6.07) is 8.49. The molecule has 0 amide bonds. The van der Waals surface area contributed by atoms with Crippen LogP contribution in [0.15, 0.2) is 24.3 Å². The Hall–Kier alpha value is -0.883. The minimum absolute atomic E-state index is 0.565.